The highest BCUT2D eigenvalue weighted by Crippen LogP contribution is 2.37. The van der Waals surface area contributed by atoms with Crippen LogP contribution in [0.15, 0.2) is 128 Å². The number of ether oxygens (including phenoxy) is 5. The highest BCUT2D eigenvalue weighted by Gasteiger charge is 2.50. The topological polar surface area (TPSA) is 114 Å². The summed E-state index contributed by atoms with van der Waals surface area (Å²) in [5, 5.41) is 14.2. The molecule has 0 spiro atoms. The van der Waals surface area contributed by atoms with Crippen molar-refractivity contribution in [2.45, 2.75) is 57.1 Å². The van der Waals surface area contributed by atoms with Gasteiger partial charge in [-0.25, -0.2) is 4.68 Å². The van der Waals surface area contributed by atoms with Crippen LogP contribution in [0.3, 0.4) is 0 Å². The molecule has 0 unspecified atom stereocenters. The molecule has 1 aliphatic heterocycles. The molecule has 0 saturated carbocycles. The van der Waals surface area contributed by atoms with Gasteiger partial charge in [-0.15, -0.1) is 0 Å². The van der Waals surface area contributed by atoms with Crippen LogP contribution in [-0.2, 0) is 50.1 Å². The van der Waals surface area contributed by atoms with Crippen LogP contribution >= 0.6 is 0 Å². The van der Waals surface area contributed by atoms with E-state index >= 15 is 0 Å². The van der Waals surface area contributed by atoms with Crippen molar-refractivity contribution >= 4 is 5.82 Å². The molecule has 4 aromatic carbocycles. The van der Waals surface area contributed by atoms with E-state index in [0.717, 1.165) is 22.3 Å². The lowest BCUT2D eigenvalue weighted by Crippen LogP contribution is -2.59. The zero-order valence-corrected chi connectivity index (χ0v) is 26.0. The Kier molecular flexibility index (Phi) is 11.0. The number of benzene rings is 4. The third kappa shape index (κ3) is 8.32. The summed E-state index contributed by atoms with van der Waals surface area (Å²) >= 11 is 0. The SMILES string of the molecule is N#Cc1cnn([C@@H]2O[C@H](COCc3ccccc3)[C@@H](OCc3ccccc3)[C@H](OCc3ccccc3)[C@H]2OCc2ccccc2)c1N. The summed E-state index contributed by atoms with van der Waals surface area (Å²) < 4.78 is 34.7. The van der Waals surface area contributed by atoms with E-state index in [2.05, 4.69) is 11.2 Å². The van der Waals surface area contributed by atoms with Crippen molar-refractivity contribution in [1.82, 2.24) is 9.78 Å². The van der Waals surface area contributed by atoms with Gasteiger partial charge in [-0.05, 0) is 22.3 Å². The standard InChI is InChI=1S/C38H38N4O5/c39-21-32-22-41-42(37(32)40)38-36(46-26-31-19-11-4-12-20-31)35(45-25-30-17-9-3-10-18-30)34(44-24-29-15-7-2-8-16-29)33(47-38)27-43-23-28-13-5-1-6-14-28/h1-20,22,33-36,38H,23-27,40H2/t33-,34-,35+,36-,38-/m1/s1. The maximum atomic E-state index is 9.69. The summed E-state index contributed by atoms with van der Waals surface area (Å²) in [4.78, 5) is 0. The fraction of sp³-hybridized carbons (Fsp3) is 0.263. The second-order valence-corrected chi connectivity index (χ2v) is 11.3. The van der Waals surface area contributed by atoms with Crippen LogP contribution in [0.5, 0.6) is 0 Å². The molecular weight excluding hydrogens is 592 g/mol. The van der Waals surface area contributed by atoms with Gasteiger partial charge in [0.05, 0.1) is 39.2 Å². The summed E-state index contributed by atoms with van der Waals surface area (Å²) in [6.07, 6.45) is -1.97. The van der Waals surface area contributed by atoms with Crippen molar-refractivity contribution in [3.05, 3.63) is 155 Å². The monoisotopic (exact) mass is 630 g/mol. The molecule has 1 saturated heterocycles. The molecule has 0 bridgehead atoms. The maximum Gasteiger partial charge on any atom is 0.181 e. The summed E-state index contributed by atoms with van der Waals surface area (Å²) in [5.74, 6) is 0.181. The van der Waals surface area contributed by atoms with Gasteiger partial charge in [0.25, 0.3) is 0 Å². The Morgan fingerprint density at radius 3 is 1.55 bits per heavy atom. The lowest BCUT2D eigenvalue weighted by atomic mass is 9.96. The van der Waals surface area contributed by atoms with Crippen molar-refractivity contribution in [2.75, 3.05) is 12.3 Å². The molecule has 2 heterocycles. The Hall–Kier alpha value is -4.82. The number of nitriles is 1. The fourth-order valence-corrected chi connectivity index (χ4v) is 5.62. The first-order valence-corrected chi connectivity index (χ1v) is 15.7. The van der Waals surface area contributed by atoms with E-state index in [1.54, 1.807) is 0 Å². The van der Waals surface area contributed by atoms with Crippen molar-refractivity contribution < 1.29 is 23.7 Å². The number of rotatable bonds is 14. The average molecular weight is 631 g/mol. The summed E-state index contributed by atoms with van der Waals surface area (Å²) in [6.45, 7) is 1.51. The molecule has 6 rings (SSSR count). The molecule has 1 fully saturated rings. The average Bonchev–Trinajstić information content (AvgIpc) is 3.50. The second-order valence-electron chi connectivity index (χ2n) is 11.3. The molecule has 0 aliphatic carbocycles. The number of aromatic nitrogens is 2. The van der Waals surface area contributed by atoms with Gasteiger partial charge in [-0.3, -0.25) is 0 Å². The molecule has 9 nitrogen and oxygen atoms in total. The van der Waals surface area contributed by atoms with Crippen molar-refractivity contribution in [2.24, 2.45) is 0 Å². The number of hydrogen-bond donors (Lipinski definition) is 1. The Bertz CT molecular complexity index is 1700. The molecule has 9 heteroatoms. The quantitative estimate of drug-likeness (QED) is 0.154. The fourth-order valence-electron chi connectivity index (χ4n) is 5.62. The first kappa shape index (κ1) is 32.1. The normalized spacial score (nSPS) is 20.9. The van der Waals surface area contributed by atoms with E-state index in [9.17, 15) is 5.26 Å². The van der Waals surface area contributed by atoms with Gasteiger partial charge in [0, 0.05) is 0 Å². The predicted molar refractivity (Wildman–Crippen MR) is 176 cm³/mol. The molecule has 2 N–H and O–H groups in total. The third-order valence-corrected chi connectivity index (χ3v) is 8.05. The van der Waals surface area contributed by atoms with Crippen molar-refractivity contribution in [1.29, 1.82) is 5.26 Å². The van der Waals surface area contributed by atoms with Gasteiger partial charge in [0.1, 0.15) is 41.9 Å². The Morgan fingerprint density at radius 2 is 1.09 bits per heavy atom. The first-order valence-electron chi connectivity index (χ1n) is 15.7. The molecular formula is C38H38N4O5. The van der Waals surface area contributed by atoms with Gasteiger partial charge in [-0.1, -0.05) is 121 Å². The van der Waals surface area contributed by atoms with Crippen molar-refractivity contribution in [3.63, 3.8) is 0 Å². The lowest BCUT2D eigenvalue weighted by Gasteiger charge is -2.46. The van der Waals surface area contributed by atoms with E-state index in [1.807, 2.05) is 121 Å². The molecule has 1 aromatic heterocycles. The molecule has 0 amide bonds. The summed E-state index contributed by atoms with van der Waals surface area (Å²) in [5.41, 5.74) is 10.7. The van der Waals surface area contributed by atoms with E-state index < -0.39 is 30.6 Å². The van der Waals surface area contributed by atoms with E-state index in [-0.39, 0.29) is 24.6 Å². The van der Waals surface area contributed by atoms with E-state index in [1.165, 1.54) is 10.9 Å². The van der Waals surface area contributed by atoms with Crippen LogP contribution in [-0.4, -0.2) is 40.8 Å². The first-order chi connectivity index (χ1) is 23.2. The van der Waals surface area contributed by atoms with Crippen LogP contribution in [0.25, 0.3) is 0 Å². The van der Waals surface area contributed by atoms with Crippen LogP contribution in [0.4, 0.5) is 5.82 Å². The lowest BCUT2D eigenvalue weighted by molar-refractivity contribution is -0.291. The highest BCUT2D eigenvalue weighted by atomic mass is 16.6. The molecule has 1 aliphatic rings. The van der Waals surface area contributed by atoms with Crippen LogP contribution in [0.2, 0.25) is 0 Å². The van der Waals surface area contributed by atoms with Gasteiger partial charge < -0.3 is 29.4 Å². The number of nitrogen functional groups attached to an aromatic ring is 1. The maximum absolute atomic E-state index is 9.69. The molecule has 240 valence electrons. The Balaban J connectivity index is 1.36. The van der Waals surface area contributed by atoms with Gasteiger partial charge in [0.2, 0.25) is 0 Å². The van der Waals surface area contributed by atoms with E-state index in [0.29, 0.717) is 19.8 Å². The van der Waals surface area contributed by atoms with Crippen molar-refractivity contribution in [3.8, 4) is 6.07 Å². The number of nitrogens with zero attached hydrogens (tertiary/aromatic N) is 3. The van der Waals surface area contributed by atoms with E-state index in [4.69, 9.17) is 29.4 Å². The van der Waals surface area contributed by atoms with Crippen LogP contribution in [0.1, 0.15) is 34.0 Å². The Morgan fingerprint density at radius 1 is 0.638 bits per heavy atom. The molecule has 5 aromatic rings. The largest absolute Gasteiger partial charge is 0.383 e. The second kappa shape index (κ2) is 16.1. The molecule has 0 radical (unpaired) electrons. The van der Waals surface area contributed by atoms with Crippen LogP contribution < -0.4 is 5.73 Å². The summed E-state index contributed by atoms with van der Waals surface area (Å²) in [6, 6.07) is 41.9. The molecule has 5 atom stereocenters. The summed E-state index contributed by atoms with van der Waals surface area (Å²) in [7, 11) is 0. The number of anilines is 1. The number of nitrogens with two attached hydrogens (primary N) is 1. The van der Waals surface area contributed by atoms with Gasteiger partial charge in [-0.2, -0.15) is 10.4 Å². The van der Waals surface area contributed by atoms with Gasteiger partial charge in [0.15, 0.2) is 6.23 Å². The third-order valence-electron chi connectivity index (χ3n) is 8.05. The predicted octanol–water partition coefficient (Wildman–Crippen LogP) is 6.21. The zero-order chi connectivity index (χ0) is 32.3. The smallest absolute Gasteiger partial charge is 0.181 e. The Labute approximate surface area is 275 Å². The highest BCUT2D eigenvalue weighted by molar-refractivity contribution is 5.47. The minimum absolute atomic E-state index is 0.181. The van der Waals surface area contributed by atoms with Gasteiger partial charge >= 0.3 is 0 Å². The minimum Gasteiger partial charge on any atom is -0.383 e. The minimum atomic E-state index is -0.844. The molecule has 47 heavy (non-hydrogen) atoms. The van der Waals surface area contributed by atoms with Crippen LogP contribution in [0, 0.1) is 11.3 Å². The zero-order valence-electron chi connectivity index (χ0n) is 26.0. The number of hydrogen-bond acceptors (Lipinski definition) is 8.